The van der Waals surface area contributed by atoms with Crippen molar-refractivity contribution in [2.75, 3.05) is 0 Å². The van der Waals surface area contributed by atoms with E-state index in [4.69, 9.17) is 0 Å². The first-order valence-electron chi connectivity index (χ1n) is 7.96. The van der Waals surface area contributed by atoms with Crippen LogP contribution >= 0.6 is 0 Å². The first-order chi connectivity index (χ1) is 10.8. The zero-order chi connectivity index (χ0) is 15.2. The lowest BCUT2D eigenvalue weighted by Crippen LogP contribution is -2.07. The molecule has 0 radical (unpaired) electrons. The third-order valence-corrected chi connectivity index (χ3v) is 4.32. The molecule has 0 saturated heterocycles. The molecule has 0 bridgehead atoms. The molecule has 110 valence electrons. The molecule has 0 fully saturated rings. The fourth-order valence-electron chi connectivity index (χ4n) is 3.04. The van der Waals surface area contributed by atoms with E-state index in [1.165, 1.54) is 22.3 Å². The van der Waals surface area contributed by atoms with Gasteiger partial charge in [0.1, 0.15) is 0 Å². The Morgan fingerprint density at radius 2 is 1.23 bits per heavy atom. The van der Waals surface area contributed by atoms with Crippen LogP contribution in [-0.2, 0) is 12.8 Å². The highest BCUT2D eigenvalue weighted by Gasteiger charge is 2.14. The molecule has 0 aliphatic heterocycles. The fourth-order valence-corrected chi connectivity index (χ4v) is 3.04. The van der Waals surface area contributed by atoms with Gasteiger partial charge in [-0.15, -0.1) is 0 Å². The lowest BCUT2D eigenvalue weighted by Gasteiger charge is -2.19. The maximum atomic E-state index is 2.26. The van der Waals surface area contributed by atoms with E-state index in [9.17, 15) is 0 Å². The zero-order valence-corrected chi connectivity index (χ0v) is 13.1. The predicted octanol–water partition coefficient (Wildman–Crippen LogP) is 5.56. The van der Waals surface area contributed by atoms with Gasteiger partial charge in [0.25, 0.3) is 0 Å². The van der Waals surface area contributed by atoms with Crippen LogP contribution in [0.5, 0.6) is 0 Å². The molecule has 0 nitrogen and oxygen atoms in total. The van der Waals surface area contributed by atoms with E-state index in [0.717, 1.165) is 12.8 Å². The molecule has 1 atom stereocenters. The number of benzene rings is 3. The molecule has 3 rings (SSSR count). The van der Waals surface area contributed by atoms with Crippen molar-refractivity contribution >= 4 is 0 Å². The Balaban J connectivity index is 1.88. The van der Waals surface area contributed by atoms with Crippen molar-refractivity contribution in [1.82, 2.24) is 0 Å². The van der Waals surface area contributed by atoms with Crippen LogP contribution in [0.2, 0.25) is 0 Å². The third kappa shape index (κ3) is 3.65. The molecule has 0 N–H and O–H groups in total. The Morgan fingerprint density at radius 1 is 0.636 bits per heavy atom. The predicted molar refractivity (Wildman–Crippen MR) is 94.2 cm³/mol. The second kappa shape index (κ2) is 7.09. The van der Waals surface area contributed by atoms with Gasteiger partial charge in [-0.2, -0.15) is 0 Å². The molecule has 0 aliphatic rings. The molecule has 0 heterocycles. The van der Waals surface area contributed by atoms with Crippen molar-refractivity contribution in [2.45, 2.75) is 25.7 Å². The van der Waals surface area contributed by atoms with Gasteiger partial charge in [-0.3, -0.25) is 0 Å². The smallest absolute Gasteiger partial charge is 0.00809 e. The van der Waals surface area contributed by atoms with E-state index in [-0.39, 0.29) is 0 Å². The van der Waals surface area contributed by atoms with Crippen LogP contribution in [0, 0.1) is 6.92 Å². The standard InChI is InChI=1S/C22H22/c1-18-10-8-9-15-21(18)17-22(20-13-6-3-7-14-20)16-19-11-4-2-5-12-19/h2-15,22H,16-17H2,1H3/t22-/m1/s1. The molecule has 0 spiro atoms. The summed E-state index contributed by atoms with van der Waals surface area (Å²) in [6.45, 7) is 2.21. The highest BCUT2D eigenvalue weighted by Crippen LogP contribution is 2.26. The number of hydrogen-bond acceptors (Lipinski definition) is 0. The van der Waals surface area contributed by atoms with E-state index >= 15 is 0 Å². The van der Waals surface area contributed by atoms with Gasteiger partial charge >= 0.3 is 0 Å². The summed E-state index contributed by atoms with van der Waals surface area (Å²) in [4.78, 5) is 0. The summed E-state index contributed by atoms with van der Waals surface area (Å²) in [7, 11) is 0. The van der Waals surface area contributed by atoms with E-state index in [1.807, 2.05) is 0 Å². The van der Waals surface area contributed by atoms with Crippen LogP contribution in [-0.4, -0.2) is 0 Å². The highest BCUT2D eigenvalue weighted by molar-refractivity contribution is 5.31. The van der Waals surface area contributed by atoms with Gasteiger partial charge in [-0.25, -0.2) is 0 Å². The van der Waals surface area contributed by atoms with Gasteiger partial charge in [0.15, 0.2) is 0 Å². The quantitative estimate of drug-likeness (QED) is 0.575. The molecule has 0 aromatic heterocycles. The first-order valence-corrected chi connectivity index (χ1v) is 7.96. The Labute approximate surface area is 133 Å². The van der Waals surface area contributed by atoms with Gasteiger partial charge in [-0.05, 0) is 47.9 Å². The first kappa shape index (κ1) is 14.6. The molecule has 0 aliphatic carbocycles. The van der Waals surface area contributed by atoms with Crippen LogP contribution in [0.4, 0.5) is 0 Å². The maximum Gasteiger partial charge on any atom is -0.00809 e. The van der Waals surface area contributed by atoms with Crippen molar-refractivity contribution in [3.05, 3.63) is 107 Å². The molecule has 3 aromatic rings. The maximum absolute atomic E-state index is 2.26. The van der Waals surface area contributed by atoms with Crippen molar-refractivity contribution in [3.63, 3.8) is 0 Å². The molecule has 3 aromatic carbocycles. The summed E-state index contributed by atoms with van der Waals surface area (Å²) in [6.07, 6.45) is 2.17. The SMILES string of the molecule is Cc1ccccc1C[C@@H](Cc1ccccc1)c1ccccc1. The average Bonchev–Trinajstić information content (AvgIpc) is 2.58. The van der Waals surface area contributed by atoms with Crippen LogP contribution in [0.3, 0.4) is 0 Å². The van der Waals surface area contributed by atoms with E-state index in [1.54, 1.807) is 0 Å². The number of rotatable bonds is 5. The molecule has 0 heteroatoms. The number of hydrogen-bond donors (Lipinski definition) is 0. The number of aryl methyl sites for hydroxylation is 1. The summed E-state index contributed by atoms with van der Waals surface area (Å²) < 4.78 is 0. The minimum absolute atomic E-state index is 0.518. The van der Waals surface area contributed by atoms with Crippen LogP contribution in [0.25, 0.3) is 0 Å². The van der Waals surface area contributed by atoms with E-state index in [0.29, 0.717) is 5.92 Å². The third-order valence-electron chi connectivity index (χ3n) is 4.32. The van der Waals surface area contributed by atoms with E-state index in [2.05, 4.69) is 91.9 Å². The summed E-state index contributed by atoms with van der Waals surface area (Å²) in [6, 6.07) is 30.4. The molecule has 0 unspecified atom stereocenters. The van der Waals surface area contributed by atoms with Crippen LogP contribution in [0.1, 0.15) is 28.2 Å². The molecular formula is C22H22. The Hall–Kier alpha value is -2.34. The molecular weight excluding hydrogens is 264 g/mol. The van der Waals surface area contributed by atoms with Crippen molar-refractivity contribution in [2.24, 2.45) is 0 Å². The monoisotopic (exact) mass is 286 g/mol. The van der Waals surface area contributed by atoms with Gasteiger partial charge in [-0.1, -0.05) is 84.9 Å². The van der Waals surface area contributed by atoms with E-state index < -0.39 is 0 Å². The van der Waals surface area contributed by atoms with Crippen molar-refractivity contribution in [1.29, 1.82) is 0 Å². The second-order valence-electron chi connectivity index (χ2n) is 5.93. The van der Waals surface area contributed by atoms with Crippen molar-refractivity contribution in [3.8, 4) is 0 Å². The summed E-state index contributed by atoms with van der Waals surface area (Å²) in [5.74, 6) is 0.518. The summed E-state index contributed by atoms with van der Waals surface area (Å²) in [5.41, 5.74) is 5.67. The van der Waals surface area contributed by atoms with Gasteiger partial charge < -0.3 is 0 Å². The van der Waals surface area contributed by atoms with Gasteiger partial charge in [0, 0.05) is 0 Å². The van der Waals surface area contributed by atoms with Crippen molar-refractivity contribution < 1.29 is 0 Å². The summed E-state index contributed by atoms with van der Waals surface area (Å²) in [5, 5.41) is 0. The molecule has 0 amide bonds. The Kier molecular flexibility index (Phi) is 4.70. The largest absolute Gasteiger partial charge is 0.0622 e. The van der Waals surface area contributed by atoms with Crippen LogP contribution in [0.15, 0.2) is 84.9 Å². The topological polar surface area (TPSA) is 0 Å². The van der Waals surface area contributed by atoms with Gasteiger partial charge in [0.2, 0.25) is 0 Å². The fraction of sp³-hybridized carbons (Fsp3) is 0.182. The minimum atomic E-state index is 0.518. The normalized spacial score (nSPS) is 12.0. The Bertz CT molecular complexity index is 698. The molecule has 22 heavy (non-hydrogen) atoms. The highest BCUT2D eigenvalue weighted by atomic mass is 14.2. The minimum Gasteiger partial charge on any atom is -0.0622 e. The summed E-state index contributed by atoms with van der Waals surface area (Å²) >= 11 is 0. The lowest BCUT2D eigenvalue weighted by atomic mass is 9.85. The zero-order valence-electron chi connectivity index (χ0n) is 13.1. The van der Waals surface area contributed by atoms with Gasteiger partial charge in [0.05, 0.1) is 0 Å². The molecule has 0 saturated carbocycles. The van der Waals surface area contributed by atoms with Crippen LogP contribution < -0.4 is 0 Å². The average molecular weight is 286 g/mol. The Morgan fingerprint density at radius 3 is 1.91 bits per heavy atom. The lowest BCUT2D eigenvalue weighted by molar-refractivity contribution is 0.678. The second-order valence-corrected chi connectivity index (χ2v) is 5.93.